The van der Waals surface area contributed by atoms with Crippen molar-refractivity contribution in [2.75, 3.05) is 19.5 Å². The summed E-state index contributed by atoms with van der Waals surface area (Å²) in [5.74, 6) is 1.31. The summed E-state index contributed by atoms with van der Waals surface area (Å²) in [7, 11) is 3.14. The van der Waals surface area contributed by atoms with Gasteiger partial charge >= 0.3 is 0 Å². The first-order chi connectivity index (χ1) is 14.4. The lowest BCUT2D eigenvalue weighted by Gasteiger charge is -2.17. The van der Waals surface area contributed by atoms with Crippen molar-refractivity contribution in [3.63, 3.8) is 0 Å². The molecule has 1 atom stereocenters. The Hall–Kier alpha value is -3.07. The van der Waals surface area contributed by atoms with Gasteiger partial charge in [0.05, 0.1) is 31.4 Å². The molecular weight excluding hydrogens is 457 g/mol. The monoisotopic (exact) mass is 477 g/mol. The summed E-state index contributed by atoms with van der Waals surface area (Å²) >= 11 is 3.23. The molecule has 1 N–H and O–H groups in total. The van der Waals surface area contributed by atoms with Crippen molar-refractivity contribution in [1.82, 2.24) is 9.78 Å². The van der Waals surface area contributed by atoms with Gasteiger partial charge in [0.25, 0.3) is 5.91 Å². The fourth-order valence-corrected chi connectivity index (χ4v) is 3.29. The average Bonchev–Trinajstić information content (AvgIpc) is 3.16. The van der Waals surface area contributed by atoms with Crippen LogP contribution in [0.1, 0.15) is 12.5 Å². The van der Waals surface area contributed by atoms with E-state index in [1.165, 1.54) is 18.2 Å². The van der Waals surface area contributed by atoms with Crippen molar-refractivity contribution in [2.24, 2.45) is 0 Å². The molecule has 0 saturated heterocycles. The number of para-hydroxylation sites is 1. The van der Waals surface area contributed by atoms with Crippen LogP contribution in [0.15, 0.2) is 53.1 Å². The minimum atomic E-state index is -0.818. The molecule has 1 aromatic heterocycles. The molecule has 0 fully saturated rings. The van der Waals surface area contributed by atoms with E-state index in [-0.39, 0.29) is 5.91 Å². The van der Waals surface area contributed by atoms with Crippen LogP contribution in [0.3, 0.4) is 0 Å². The topological polar surface area (TPSA) is 74.6 Å². The number of methoxy groups -OCH3 is 2. The third-order valence-electron chi connectivity index (χ3n) is 4.34. The first kappa shape index (κ1) is 21.6. The normalized spacial score (nSPS) is 11.6. The minimum Gasteiger partial charge on any atom is -0.493 e. The largest absolute Gasteiger partial charge is 0.493 e. The van der Waals surface area contributed by atoms with Crippen molar-refractivity contribution in [2.45, 2.75) is 19.6 Å². The van der Waals surface area contributed by atoms with Gasteiger partial charge < -0.3 is 19.5 Å². The maximum atomic E-state index is 13.2. The van der Waals surface area contributed by atoms with Crippen LogP contribution in [-0.4, -0.2) is 36.0 Å². The van der Waals surface area contributed by atoms with Crippen molar-refractivity contribution < 1.29 is 23.4 Å². The summed E-state index contributed by atoms with van der Waals surface area (Å²) in [6.07, 6.45) is 0.770. The third kappa shape index (κ3) is 4.91. The summed E-state index contributed by atoms with van der Waals surface area (Å²) in [6.45, 7) is 1.97. The summed E-state index contributed by atoms with van der Waals surface area (Å²) < 4.78 is 31.7. The minimum absolute atomic E-state index is 0.363. The fraction of sp³-hybridized carbons (Fsp3) is 0.238. The quantitative estimate of drug-likeness (QED) is 0.524. The molecule has 7 nitrogen and oxygen atoms in total. The molecule has 0 aliphatic carbocycles. The molecule has 1 unspecified atom stereocenters. The van der Waals surface area contributed by atoms with Crippen LogP contribution in [-0.2, 0) is 11.3 Å². The molecule has 2 aromatic carbocycles. The lowest BCUT2D eigenvalue weighted by atomic mass is 10.2. The number of halogens is 2. The highest BCUT2D eigenvalue weighted by atomic mass is 79.9. The first-order valence-corrected chi connectivity index (χ1v) is 9.86. The van der Waals surface area contributed by atoms with E-state index in [2.05, 4.69) is 26.3 Å². The Balaban J connectivity index is 1.72. The Morgan fingerprint density at radius 1 is 1.20 bits per heavy atom. The standard InChI is InChI=1S/C21H21BrFN3O4/c1-13(30-17-8-7-15(23)11-16(17)22)21(27)25-19-9-10-24-26(19)12-14-5-4-6-18(28-2)20(14)29-3/h4-11,13H,12H2,1-3H3,(H,25,27). The number of rotatable bonds is 8. The second-order valence-corrected chi connectivity index (χ2v) is 7.21. The molecule has 0 bridgehead atoms. The second-order valence-electron chi connectivity index (χ2n) is 6.35. The van der Waals surface area contributed by atoms with E-state index in [1.807, 2.05) is 12.1 Å². The Labute approximate surface area is 181 Å². The van der Waals surface area contributed by atoms with Gasteiger partial charge in [-0.3, -0.25) is 4.79 Å². The Morgan fingerprint density at radius 2 is 2.00 bits per heavy atom. The third-order valence-corrected chi connectivity index (χ3v) is 4.96. The lowest BCUT2D eigenvalue weighted by molar-refractivity contribution is -0.122. The predicted molar refractivity (Wildman–Crippen MR) is 114 cm³/mol. The van der Waals surface area contributed by atoms with E-state index in [4.69, 9.17) is 14.2 Å². The number of nitrogens with one attached hydrogen (secondary N) is 1. The number of benzene rings is 2. The number of nitrogens with zero attached hydrogens (tertiary/aromatic N) is 2. The fourth-order valence-electron chi connectivity index (χ4n) is 2.85. The average molecular weight is 478 g/mol. The molecule has 0 saturated carbocycles. The molecule has 30 heavy (non-hydrogen) atoms. The molecule has 0 spiro atoms. The zero-order valence-corrected chi connectivity index (χ0v) is 18.3. The molecule has 0 aliphatic rings. The highest BCUT2D eigenvalue weighted by Crippen LogP contribution is 2.31. The number of hydrogen-bond acceptors (Lipinski definition) is 5. The zero-order valence-electron chi connectivity index (χ0n) is 16.7. The van der Waals surface area contributed by atoms with Gasteiger partial charge in [0.1, 0.15) is 17.4 Å². The van der Waals surface area contributed by atoms with Crippen LogP contribution in [0.25, 0.3) is 0 Å². The van der Waals surface area contributed by atoms with E-state index < -0.39 is 11.9 Å². The van der Waals surface area contributed by atoms with Crippen LogP contribution in [0.5, 0.6) is 17.2 Å². The van der Waals surface area contributed by atoms with Crippen molar-refractivity contribution in [1.29, 1.82) is 0 Å². The van der Waals surface area contributed by atoms with Gasteiger partial charge in [0, 0.05) is 11.6 Å². The summed E-state index contributed by atoms with van der Waals surface area (Å²) in [5, 5.41) is 7.08. The van der Waals surface area contributed by atoms with Crippen molar-refractivity contribution in [3.8, 4) is 17.2 Å². The molecular formula is C21H21BrFN3O4. The number of carbonyl (C=O) groups excluding carboxylic acids is 1. The highest BCUT2D eigenvalue weighted by Gasteiger charge is 2.19. The van der Waals surface area contributed by atoms with Crippen LogP contribution in [0, 0.1) is 5.82 Å². The molecule has 9 heteroatoms. The molecule has 3 rings (SSSR count). The van der Waals surface area contributed by atoms with E-state index >= 15 is 0 Å². The van der Waals surface area contributed by atoms with Gasteiger partial charge in [-0.25, -0.2) is 9.07 Å². The highest BCUT2D eigenvalue weighted by molar-refractivity contribution is 9.10. The molecule has 0 aliphatic heterocycles. The SMILES string of the molecule is COc1cccc(Cn2nccc2NC(=O)C(C)Oc2ccc(F)cc2Br)c1OC. The van der Waals surface area contributed by atoms with Gasteiger partial charge in [-0.2, -0.15) is 5.10 Å². The van der Waals surface area contributed by atoms with Gasteiger partial charge in [0.2, 0.25) is 0 Å². The summed E-state index contributed by atoms with van der Waals surface area (Å²) in [6, 6.07) is 11.2. The van der Waals surface area contributed by atoms with E-state index in [1.54, 1.807) is 44.2 Å². The lowest BCUT2D eigenvalue weighted by Crippen LogP contribution is -2.31. The zero-order chi connectivity index (χ0) is 21.7. The molecule has 0 radical (unpaired) electrons. The number of aromatic nitrogens is 2. The Bertz CT molecular complexity index is 1040. The van der Waals surface area contributed by atoms with Crippen molar-refractivity contribution in [3.05, 3.63) is 64.5 Å². The van der Waals surface area contributed by atoms with Gasteiger partial charge in [-0.05, 0) is 47.1 Å². The van der Waals surface area contributed by atoms with Crippen LogP contribution in [0.4, 0.5) is 10.2 Å². The maximum Gasteiger partial charge on any atom is 0.266 e. The van der Waals surface area contributed by atoms with Gasteiger partial charge in [-0.1, -0.05) is 12.1 Å². The van der Waals surface area contributed by atoms with E-state index in [0.29, 0.717) is 34.1 Å². The molecule has 158 valence electrons. The summed E-state index contributed by atoms with van der Waals surface area (Å²) in [4.78, 5) is 12.6. The van der Waals surface area contributed by atoms with E-state index in [9.17, 15) is 9.18 Å². The first-order valence-electron chi connectivity index (χ1n) is 9.07. The number of amides is 1. The smallest absolute Gasteiger partial charge is 0.266 e. The number of carbonyl (C=O) groups is 1. The number of hydrogen-bond donors (Lipinski definition) is 1. The predicted octanol–water partition coefficient (Wildman–Crippen LogP) is 4.26. The molecule has 1 heterocycles. The molecule has 3 aromatic rings. The van der Waals surface area contributed by atoms with Crippen LogP contribution in [0.2, 0.25) is 0 Å². The van der Waals surface area contributed by atoms with Crippen molar-refractivity contribution >= 4 is 27.7 Å². The van der Waals surface area contributed by atoms with Crippen LogP contribution < -0.4 is 19.5 Å². The second kappa shape index (κ2) is 9.62. The van der Waals surface area contributed by atoms with Gasteiger partial charge in [0.15, 0.2) is 17.6 Å². The Kier molecular flexibility index (Phi) is 6.94. The van der Waals surface area contributed by atoms with Gasteiger partial charge in [-0.15, -0.1) is 0 Å². The van der Waals surface area contributed by atoms with E-state index in [0.717, 1.165) is 5.56 Å². The number of anilines is 1. The number of ether oxygens (including phenoxy) is 3. The Morgan fingerprint density at radius 3 is 2.70 bits per heavy atom. The van der Waals surface area contributed by atoms with Crippen LogP contribution >= 0.6 is 15.9 Å². The summed E-state index contributed by atoms with van der Waals surface area (Å²) in [5.41, 5.74) is 0.843. The molecule has 1 amide bonds. The maximum absolute atomic E-state index is 13.2.